The van der Waals surface area contributed by atoms with Crippen molar-refractivity contribution in [3.05, 3.63) is 382 Å². The van der Waals surface area contributed by atoms with Gasteiger partial charge in [0.05, 0.1) is 55.5 Å². The summed E-state index contributed by atoms with van der Waals surface area (Å²) in [5, 5.41) is 15.7. The number of nitrogens with zero attached hydrogens (tertiary/aromatic N) is 9. The third-order valence-corrected chi connectivity index (χ3v) is 25.9. The van der Waals surface area contributed by atoms with E-state index in [4.69, 9.17) is 19.9 Å². The van der Waals surface area contributed by atoms with Crippen molar-refractivity contribution < 1.29 is 0 Å². The first-order valence-corrected chi connectivity index (χ1v) is 40.7. The quantitative estimate of drug-likeness (QED) is 0.152. The fourth-order valence-electron chi connectivity index (χ4n) is 17.2. The molecular weight excluding hydrogens is 1450 g/mol. The van der Waals surface area contributed by atoms with Gasteiger partial charge in [-0.15, -0.1) is 34.0 Å². The normalized spacial score (nSPS) is 11.9. The van der Waals surface area contributed by atoms with Crippen LogP contribution in [-0.2, 0) is 0 Å². The van der Waals surface area contributed by atoms with Crippen LogP contribution in [0.3, 0.4) is 0 Å². The number of rotatable bonds is 8. The summed E-state index contributed by atoms with van der Waals surface area (Å²) < 4.78 is 19.4. The molecule has 0 aliphatic heterocycles. The van der Waals surface area contributed by atoms with Gasteiger partial charge < -0.3 is 13.5 Å². The minimum absolute atomic E-state index is 0.718. The van der Waals surface area contributed by atoms with E-state index in [1.165, 1.54) is 115 Å². The second kappa shape index (κ2) is 26.7. The predicted octanol–water partition coefficient (Wildman–Crippen LogP) is 27.9. The molecule has 25 rings (SSSR count). The first-order chi connectivity index (χ1) is 56.5. The summed E-state index contributed by atoms with van der Waals surface area (Å²) in [6.45, 7) is 0. The highest BCUT2D eigenvalue weighted by atomic mass is 32.1. The zero-order valence-electron chi connectivity index (χ0n) is 61.1. The van der Waals surface area contributed by atoms with Crippen LogP contribution in [0.25, 0.3) is 211 Å². The Bertz CT molecular complexity index is 8010. The van der Waals surface area contributed by atoms with E-state index in [9.17, 15) is 0 Å². The number of para-hydroxylation sites is 6. The largest absolute Gasteiger partial charge is 0.309 e. The summed E-state index contributed by atoms with van der Waals surface area (Å²) in [4.78, 5) is 20.0. The lowest BCUT2D eigenvalue weighted by atomic mass is 10.1. The third kappa shape index (κ3) is 10.6. The highest BCUT2D eigenvalue weighted by molar-refractivity contribution is 7.27. The first-order valence-electron chi connectivity index (χ1n) is 38.2. The van der Waals surface area contributed by atoms with Gasteiger partial charge in [0.2, 0.25) is 0 Å². The Labute approximate surface area is 664 Å². The Balaban J connectivity index is 0.000000102. The molecule has 0 saturated carbocycles. The molecule has 0 radical (unpaired) electrons. The number of thiophene rings is 3. The Morgan fingerprint density at radius 2 is 0.640 bits per heavy atom. The van der Waals surface area contributed by atoms with Crippen LogP contribution in [-0.4, -0.2) is 42.6 Å². The maximum Gasteiger partial charge on any atom is 0.162 e. The van der Waals surface area contributed by atoms with Crippen LogP contribution in [0.1, 0.15) is 0 Å². The average molecular weight is 1510 g/mol. The highest BCUT2D eigenvalue weighted by Gasteiger charge is 2.24. The summed E-state index contributed by atoms with van der Waals surface area (Å²) in [5.41, 5.74) is 19.8. The molecule has 0 fully saturated rings. The number of benzene rings is 15. The maximum atomic E-state index is 5.15. The molecule has 10 aromatic heterocycles. The van der Waals surface area contributed by atoms with Crippen molar-refractivity contribution in [3.63, 3.8) is 0 Å². The van der Waals surface area contributed by atoms with E-state index in [2.05, 4.69) is 350 Å². The van der Waals surface area contributed by atoms with E-state index >= 15 is 0 Å². The number of pyridine rings is 1. The van der Waals surface area contributed by atoms with Crippen molar-refractivity contribution in [1.29, 1.82) is 0 Å². The SMILES string of the molecule is c1ccc(-c2cc(-n3c4ccccc4c4c5sc6ccccc6c5ccc43)nc(-c3ccccc3)n2)cc1.c1ccc(-n2c(-c3ccc(-n4c5ccccc5c5c6sc7ccccc7c6ccc54)cc3)nc3ccccc32)cc1.c1ccc2c(c1)sc1c2ccc2c1c1ccccc1n2-c1ccc(-c2cn3ccccc3n2)cc1. The summed E-state index contributed by atoms with van der Waals surface area (Å²) in [6.07, 6.45) is 4.12. The minimum Gasteiger partial charge on any atom is -0.309 e. The molecule has 25 aromatic rings. The van der Waals surface area contributed by atoms with E-state index in [0.29, 0.717) is 0 Å². The standard InChI is InChI=1S/C37H23N3S.C34H21N3S.C31H19N3S/c1-2-10-25(11-3-1)40-32-16-8-6-14-30(32)38-37(40)24-18-20-26(21-19-24)39-31-15-7-4-13-29(31)35-33(39)23-22-28-27-12-5-9-17-34(27)41-36(28)35;1-3-11-22(12-4-1)27-21-31(36-34(35-27)23-13-5-2-6-14-23)37-28-17-9-7-16-26(28)32-29(37)20-19-25-24-15-8-10-18-30(24)38-33(25)32;1-3-9-26-24(8-1)30-27(17-16-23-22-7-2-4-10-28(22)35-31(23)30)34(26)21-14-12-20(13-15-21)25-19-33-18-6-5-11-29(33)32-25/h1-23H;1-21H;1-19H. The number of hydrogen-bond donors (Lipinski definition) is 0. The van der Waals surface area contributed by atoms with Crippen LogP contribution in [0.15, 0.2) is 382 Å². The molecular formula is C102H63N9S3. The van der Waals surface area contributed by atoms with Crippen LogP contribution in [0, 0.1) is 0 Å². The van der Waals surface area contributed by atoms with Gasteiger partial charge in [-0.2, -0.15) is 0 Å². The van der Waals surface area contributed by atoms with E-state index < -0.39 is 0 Å². The third-order valence-electron chi connectivity index (χ3n) is 22.3. The molecule has 0 amide bonds. The molecule has 0 saturated heterocycles. The zero-order chi connectivity index (χ0) is 74.9. The van der Waals surface area contributed by atoms with Crippen molar-refractivity contribution in [1.82, 2.24) is 42.6 Å². The van der Waals surface area contributed by atoms with Gasteiger partial charge in [0.1, 0.15) is 17.3 Å². The lowest BCUT2D eigenvalue weighted by molar-refractivity contribution is 1.05. The second-order valence-electron chi connectivity index (χ2n) is 28.8. The van der Waals surface area contributed by atoms with Crippen molar-refractivity contribution in [2.45, 2.75) is 0 Å². The van der Waals surface area contributed by atoms with Crippen LogP contribution >= 0.6 is 34.0 Å². The molecule has 9 nitrogen and oxygen atoms in total. The smallest absolute Gasteiger partial charge is 0.162 e. The fourth-order valence-corrected chi connectivity index (χ4v) is 21.0. The molecule has 15 aromatic carbocycles. The number of imidazole rings is 2. The zero-order valence-corrected chi connectivity index (χ0v) is 63.6. The average Bonchev–Trinajstić information content (AvgIpc) is 1.57. The Hall–Kier alpha value is -14.4. The molecule has 0 bridgehead atoms. The van der Waals surface area contributed by atoms with Crippen molar-refractivity contribution >= 4 is 177 Å². The Kier molecular flexibility index (Phi) is 15.3. The van der Waals surface area contributed by atoms with Gasteiger partial charge >= 0.3 is 0 Å². The summed E-state index contributed by atoms with van der Waals surface area (Å²) >= 11 is 5.65. The van der Waals surface area contributed by atoms with E-state index in [-0.39, 0.29) is 0 Å². The molecule has 0 aliphatic rings. The maximum absolute atomic E-state index is 5.15. The first kappa shape index (κ1) is 65.5. The topological polar surface area (TPSA) is 75.7 Å². The van der Waals surface area contributed by atoms with Gasteiger partial charge in [-0.3, -0.25) is 9.13 Å². The van der Waals surface area contributed by atoms with Crippen LogP contribution in [0.4, 0.5) is 0 Å². The van der Waals surface area contributed by atoms with E-state index in [1.54, 1.807) is 0 Å². The molecule has 0 spiro atoms. The summed E-state index contributed by atoms with van der Waals surface area (Å²) in [5.74, 6) is 2.53. The lowest BCUT2D eigenvalue weighted by Gasteiger charge is -2.12. The van der Waals surface area contributed by atoms with Gasteiger partial charge in [0.15, 0.2) is 5.82 Å². The van der Waals surface area contributed by atoms with Gasteiger partial charge in [0.25, 0.3) is 0 Å². The van der Waals surface area contributed by atoms with Gasteiger partial charge in [-0.25, -0.2) is 19.9 Å². The minimum atomic E-state index is 0.718. The van der Waals surface area contributed by atoms with Crippen LogP contribution in [0.5, 0.6) is 0 Å². The Morgan fingerprint density at radius 1 is 0.237 bits per heavy atom. The van der Waals surface area contributed by atoms with Crippen LogP contribution in [0.2, 0.25) is 0 Å². The molecule has 10 heterocycles. The van der Waals surface area contributed by atoms with Gasteiger partial charge in [0, 0.05) is 151 Å². The molecule has 0 N–H and O–H groups in total. The van der Waals surface area contributed by atoms with E-state index in [1.807, 2.05) is 88.7 Å². The molecule has 12 heteroatoms. The van der Waals surface area contributed by atoms with E-state index in [0.717, 1.165) is 95.9 Å². The molecule has 114 heavy (non-hydrogen) atoms. The number of aromatic nitrogens is 9. The summed E-state index contributed by atoms with van der Waals surface area (Å²) in [7, 11) is 0. The molecule has 534 valence electrons. The van der Waals surface area contributed by atoms with Crippen LogP contribution < -0.4 is 0 Å². The monoisotopic (exact) mass is 1510 g/mol. The number of hydrogen-bond acceptors (Lipinski definition) is 7. The molecule has 0 atom stereocenters. The van der Waals surface area contributed by atoms with Crippen molar-refractivity contribution in [2.75, 3.05) is 0 Å². The Morgan fingerprint density at radius 3 is 1.16 bits per heavy atom. The van der Waals surface area contributed by atoms with Gasteiger partial charge in [-0.05, 0) is 127 Å². The number of fused-ring (bicyclic) bond motifs is 23. The fraction of sp³-hybridized carbons (Fsp3) is 0. The lowest BCUT2D eigenvalue weighted by Crippen LogP contribution is -2.02. The summed E-state index contributed by atoms with van der Waals surface area (Å²) in [6, 6.07) is 131. The van der Waals surface area contributed by atoms with Crippen molar-refractivity contribution in [2.24, 2.45) is 0 Å². The highest BCUT2D eigenvalue weighted by Crippen LogP contribution is 2.48. The molecule has 0 aliphatic carbocycles. The van der Waals surface area contributed by atoms with Crippen molar-refractivity contribution in [3.8, 4) is 68.2 Å². The van der Waals surface area contributed by atoms with Gasteiger partial charge in [-0.1, -0.05) is 237 Å². The predicted molar refractivity (Wildman–Crippen MR) is 482 cm³/mol. The second-order valence-corrected chi connectivity index (χ2v) is 32.0. The molecule has 0 unspecified atom stereocenters.